The topological polar surface area (TPSA) is 98.4 Å². The molecule has 1 aliphatic heterocycles. The van der Waals surface area contributed by atoms with E-state index in [4.69, 9.17) is 0 Å². The molecule has 8 heteroatoms. The SMILES string of the molecule is O=C(N[C@H](Cc1c[nH]c2ccccc12)C(=O)NNC1=NCCC1)c1cccs1. The number of aromatic nitrogens is 1. The zero-order valence-electron chi connectivity index (χ0n) is 15.2. The molecule has 0 fully saturated rings. The Morgan fingerprint density at radius 2 is 2.11 bits per heavy atom. The van der Waals surface area contributed by atoms with Crippen LogP contribution in [0.1, 0.15) is 28.1 Å². The number of hydrazine groups is 1. The Labute approximate surface area is 166 Å². The lowest BCUT2D eigenvalue weighted by Crippen LogP contribution is -2.52. The molecule has 28 heavy (non-hydrogen) atoms. The van der Waals surface area contributed by atoms with Gasteiger partial charge in [-0.05, 0) is 29.5 Å². The number of fused-ring (bicyclic) bond motifs is 1. The summed E-state index contributed by atoms with van der Waals surface area (Å²) in [5, 5.41) is 5.74. The van der Waals surface area contributed by atoms with E-state index in [1.807, 2.05) is 41.9 Å². The number of amides is 2. The van der Waals surface area contributed by atoms with Gasteiger partial charge in [0.25, 0.3) is 11.8 Å². The third-order valence-electron chi connectivity index (χ3n) is 4.67. The standard InChI is InChI=1S/C20H21N5O2S/c26-19(25-24-18-8-3-9-21-18)16(23-20(27)17-7-4-10-28-17)11-13-12-22-15-6-2-1-5-14(13)15/h1-2,4-7,10,12,16,22H,3,8-9,11H2,(H,21,24)(H,23,27)(H,25,26)/t16-/m1/s1. The average molecular weight is 395 g/mol. The summed E-state index contributed by atoms with van der Waals surface area (Å²) >= 11 is 1.34. The number of amidine groups is 1. The molecule has 2 amide bonds. The molecule has 3 heterocycles. The summed E-state index contributed by atoms with van der Waals surface area (Å²) in [5.41, 5.74) is 7.55. The molecule has 0 bridgehead atoms. The van der Waals surface area contributed by atoms with Crippen molar-refractivity contribution < 1.29 is 9.59 Å². The van der Waals surface area contributed by atoms with Crippen molar-refractivity contribution in [1.82, 2.24) is 21.2 Å². The molecule has 2 aromatic heterocycles. The number of carbonyl (C=O) groups excluding carboxylic acids is 2. The normalized spacial score (nSPS) is 14.5. The second-order valence-corrected chi connectivity index (χ2v) is 7.56. The Morgan fingerprint density at radius 1 is 1.21 bits per heavy atom. The van der Waals surface area contributed by atoms with Crippen LogP contribution >= 0.6 is 11.3 Å². The Bertz CT molecular complexity index is 1010. The Balaban J connectivity index is 1.51. The van der Waals surface area contributed by atoms with Crippen LogP contribution in [0.2, 0.25) is 0 Å². The van der Waals surface area contributed by atoms with Gasteiger partial charge < -0.3 is 10.3 Å². The summed E-state index contributed by atoms with van der Waals surface area (Å²) in [4.78, 5) is 33.4. The fourth-order valence-electron chi connectivity index (χ4n) is 3.23. The van der Waals surface area contributed by atoms with Crippen LogP contribution in [0.3, 0.4) is 0 Å². The van der Waals surface area contributed by atoms with Gasteiger partial charge in [-0.1, -0.05) is 24.3 Å². The van der Waals surface area contributed by atoms with E-state index >= 15 is 0 Å². The molecule has 0 saturated heterocycles. The quantitative estimate of drug-likeness (QED) is 0.499. The predicted molar refractivity (Wildman–Crippen MR) is 110 cm³/mol. The number of nitrogens with zero attached hydrogens (tertiary/aromatic N) is 1. The minimum atomic E-state index is -0.719. The number of para-hydroxylation sites is 1. The van der Waals surface area contributed by atoms with Crippen molar-refractivity contribution >= 4 is 39.9 Å². The van der Waals surface area contributed by atoms with Crippen molar-refractivity contribution in [1.29, 1.82) is 0 Å². The molecule has 1 aromatic carbocycles. The first-order valence-corrected chi connectivity index (χ1v) is 10.1. The van der Waals surface area contributed by atoms with Crippen molar-refractivity contribution in [2.75, 3.05) is 6.54 Å². The molecule has 0 unspecified atom stereocenters. The minimum Gasteiger partial charge on any atom is -0.361 e. The summed E-state index contributed by atoms with van der Waals surface area (Å²) in [6.07, 6.45) is 4.05. The Kier molecular flexibility index (Phi) is 5.38. The van der Waals surface area contributed by atoms with Crippen molar-refractivity contribution in [3.8, 4) is 0 Å². The molecule has 4 N–H and O–H groups in total. The molecular formula is C20H21N5O2S. The lowest BCUT2D eigenvalue weighted by Gasteiger charge is -2.18. The molecule has 1 aliphatic rings. The first-order chi connectivity index (χ1) is 13.7. The second-order valence-electron chi connectivity index (χ2n) is 6.61. The molecule has 7 nitrogen and oxygen atoms in total. The number of aromatic amines is 1. The van der Waals surface area contributed by atoms with Crippen LogP contribution in [-0.4, -0.2) is 35.2 Å². The van der Waals surface area contributed by atoms with Gasteiger partial charge in [-0.2, -0.15) is 0 Å². The number of H-pyrrole nitrogens is 1. The number of carbonyl (C=O) groups is 2. The highest BCUT2D eigenvalue weighted by Gasteiger charge is 2.24. The van der Waals surface area contributed by atoms with Gasteiger partial charge in [0, 0.05) is 36.5 Å². The van der Waals surface area contributed by atoms with Gasteiger partial charge in [-0.15, -0.1) is 11.3 Å². The fourth-order valence-corrected chi connectivity index (χ4v) is 3.86. The van der Waals surface area contributed by atoms with Crippen LogP contribution in [0.15, 0.2) is 53.0 Å². The first-order valence-electron chi connectivity index (χ1n) is 9.19. The van der Waals surface area contributed by atoms with Crippen LogP contribution in [-0.2, 0) is 11.2 Å². The van der Waals surface area contributed by atoms with Gasteiger partial charge in [-0.25, -0.2) is 0 Å². The molecule has 1 atom stereocenters. The Morgan fingerprint density at radius 3 is 2.89 bits per heavy atom. The van der Waals surface area contributed by atoms with Gasteiger partial charge in [0.1, 0.15) is 11.9 Å². The van der Waals surface area contributed by atoms with E-state index < -0.39 is 6.04 Å². The van der Waals surface area contributed by atoms with Gasteiger partial charge >= 0.3 is 0 Å². The second kappa shape index (κ2) is 8.26. The van der Waals surface area contributed by atoms with E-state index in [9.17, 15) is 9.59 Å². The van der Waals surface area contributed by atoms with E-state index in [1.54, 1.807) is 6.07 Å². The van der Waals surface area contributed by atoms with Crippen LogP contribution < -0.4 is 16.2 Å². The smallest absolute Gasteiger partial charge is 0.262 e. The summed E-state index contributed by atoms with van der Waals surface area (Å²) in [7, 11) is 0. The summed E-state index contributed by atoms with van der Waals surface area (Å²) in [6.45, 7) is 0.770. The number of hydrogen-bond acceptors (Lipinski definition) is 5. The lowest BCUT2D eigenvalue weighted by molar-refractivity contribution is -0.123. The number of hydrogen-bond donors (Lipinski definition) is 4. The molecular weight excluding hydrogens is 374 g/mol. The number of rotatable bonds is 5. The van der Waals surface area contributed by atoms with Gasteiger partial charge in [0.05, 0.1) is 4.88 Å². The molecule has 0 saturated carbocycles. The van der Waals surface area contributed by atoms with E-state index in [0.29, 0.717) is 11.3 Å². The number of nitrogens with one attached hydrogen (secondary N) is 4. The highest BCUT2D eigenvalue weighted by Crippen LogP contribution is 2.19. The first kappa shape index (κ1) is 18.2. The molecule has 4 rings (SSSR count). The third kappa shape index (κ3) is 4.07. The largest absolute Gasteiger partial charge is 0.361 e. The zero-order chi connectivity index (χ0) is 19.3. The molecule has 144 valence electrons. The average Bonchev–Trinajstić information content (AvgIpc) is 3.47. The monoisotopic (exact) mass is 395 g/mol. The predicted octanol–water partition coefficient (Wildman–Crippen LogP) is 2.38. The zero-order valence-corrected chi connectivity index (χ0v) is 16.0. The maximum atomic E-state index is 12.8. The lowest BCUT2D eigenvalue weighted by atomic mass is 10.0. The molecule has 0 spiro atoms. The van der Waals surface area contributed by atoms with Gasteiger partial charge in [-0.3, -0.25) is 25.4 Å². The molecule has 0 aliphatic carbocycles. The highest BCUT2D eigenvalue weighted by atomic mass is 32.1. The molecule has 3 aromatic rings. The van der Waals surface area contributed by atoms with Gasteiger partial charge in [0.2, 0.25) is 0 Å². The summed E-state index contributed by atoms with van der Waals surface area (Å²) < 4.78 is 0. The van der Waals surface area contributed by atoms with E-state index in [2.05, 4.69) is 26.1 Å². The third-order valence-corrected chi connectivity index (χ3v) is 5.54. The van der Waals surface area contributed by atoms with Crippen molar-refractivity contribution in [2.45, 2.75) is 25.3 Å². The number of aliphatic imine (C=N–C) groups is 1. The van der Waals surface area contributed by atoms with E-state index in [-0.39, 0.29) is 11.8 Å². The van der Waals surface area contributed by atoms with E-state index in [1.165, 1.54) is 11.3 Å². The van der Waals surface area contributed by atoms with Crippen molar-refractivity contribution in [3.63, 3.8) is 0 Å². The summed E-state index contributed by atoms with van der Waals surface area (Å²) in [6, 6.07) is 10.7. The van der Waals surface area contributed by atoms with Crippen molar-refractivity contribution in [2.24, 2.45) is 4.99 Å². The maximum Gasteiger partial charge on any atom is 0.262 e. The molecule has 0 radical (unpaired) electrons. The highest BCUT2D eigenvalue weighted by molar-refractivity contribution is 7.12. The number of thiophene rings is 1. The van der Waals surface area contributed by atoms with Crippen LogP contribution in [0, 0.1) is 0 Å². The maximum absolute atomic E-state index is 12.8. The summed E-state index contributed by atoms with van der Waals surface area (Å²) in [5.74, 6) is 0.210. The number of benzene rings is 1. The van der Waals surface area contributed by atoms with Crippen LogP contribution in [0.25, 0.3) is 10.9 Å². The minimum absolute atomic E-state index is 0.256. The van der Waals surface area contributed by atoms with Gasteiger partial charge in [0.15, 0.2) is 0 Å². The van der Waals surface area contributed by atoms with E-state index in [0.717, 1.165) is 41.7 Å². The fraction of sp³-hybridized carbons (Fsp3) is 0.250. The van der Waals surface area contributed by atoms with Crippen LogP contribution in [0.4, 0.5) is 0 Å². The Hall–Kier alpha value is -3.13. The van der Waals surface area contributed by atoms with Crippen molar-refractivity contribution in [3.05, 3.63) is 58.4 Å². The van der Waals surface area contributed by atoms with Crippen LogP contribution in [0.5, 0.6) is 0 Å².